The molecule has 1 unspecified atom stereocenters. The average Bonchev–Trinajstić information content (AvgIpc) is 3.34. The second kappa shape index (κ2) is 57.0. The Morgan fingerprint density at radius 2 is 0.529 bits per heavy atom. The van der Waals surface area contributed by atoms with E-state index in [9.17, 15) is 14.4 Å². The van der Waals surface area contributed by atoms with Crippen LogP contribution in [-0.2, 0) is 28.6 Å². The zero-order valence-electron chi connectivity index (χ0n) is 45.4. The minimum absolute atomic E-state index is 0.0784. The van der Waals surface area contributed by atoms with Gasteiger partial charge in [-0.05, 0) is 83.5 Å². The molecule has 1 atom stereocenters. The SMILES string of the molecule is CCCCCC/C=C\C/C=C\CCCCCCCCCC(=O)OCC(COC(=O)CCCCCCCCCCCCCCCCCC)OC(=O)CCCCCCC/C=C\C/C=C\CCCCCC. The van der Waals surface area contributed by atoms with Crippen LogP contribution < -0.4 is 0 Å². The Labute approximate surface area is 422 Å². The van der Waals surface area contributed by atoms with Crippen molar-refractivity contribution in [3.8, 4) is 0 Å². The fraction of sp³-hybridized carbons (Fsp3) is 0.823. The van der Waals surface area contributed by atoms with Crippen molar-refractivity contribution in [1.82, 2.24) is 0 Å². The summed E-state index contributed by atoms with van der Waals surface area (Å²) in [6.45, 7) is 6.63. The lowest BCUT2D eigenvalue weighted by Crippen LogP contribution is -2.30. The molecule has 0 spiro atoms. The Hall–Kier alpha value is -2.63. The van der Waals surface area contributed by atoms with Gasteiger partial charge in [0.05, 0.1) is 0 Å². The standard InChI is InChI=1S/C62H112O6/c1-4-7-10-13-16-19-22-25-28-31-32-35-37-40-43-46-49-52-55-61(64)67-58-59(68-62(65)56-53-50-47-44-41-38-34-30-27-24-21-18-15-12-9-6-3)57-66-60(63)54-51-48-45-42-39-36-33-29-26-23-20-17-14-11-8-5-2/h19,21-22,24,28,30-31,34,59H,4-18,20,23,25-27,29,32-33,35-58H2,1-3H3/b22-19-,24-21-,31-28-,34-30-. The van der Waals surface area contributed by atoms with Gasteiger partial charge in [-0.2, -0.15) is 0 Å². The summed E-state index contributed by atoms with van der Waals surface area (Å²) in [5.41, 5.74) is 0. The Bertz CT molecular complexity index is 1190. The molecule has 68 heavy (non-hydrogen) atoms. The van der Waals surface area contributed by atoms with Crippen LogP contribution in [0.4, 0.5) is 0 Å². The maximum absolute atomic E-state index is 12.9. The molecule has 0 aromatic rings. The van der Waals surface area contributed by atoms with E-state index < -0.39 is 6.10 Å². The second-order valence-corrected chi connectivity index (χ2v) is 19.9. The molecule has 0 amide bonds. The van der Waals surface area contributed by atoms with Crippen LogP contribution in [0.15, 0.2) is 48.6 Å². The van der Waals surface area contributed by atoms with E-state index in [1.165, 1.54) is 173 Å². The van der Waals surface area contributed by atoms with Gasteiger partial charge in [0, 0.05) is 19.3 Å². The highest BCUT2D eigenvalue weighted by molar-refractivity contribution is 5.71. The van der Waals surface area contributed by atoms with Gasteiger partial charge in [0.25, 0.3) is 0 Å². The number of rotatable bonds is 54. The van der Waals surface area contributed by atoms with Gasteiger partial charge in [-0.3, -0.25) is 14.4 Å². The van der Waals surface area contributed by atoms with Crippen molar-refractivity contribution in [3.63, 3.8) is 0 Å². The van der Waals surface area contributed by atoms with Crippen molar-refractivity contribution in [2.75, 3.05) is 13.2 Å². The molecule has 6 nitrogen and oxygen atoms in total. The number of unbranched alkanes of at least 4 members (excludes halogenated alkanes) is 35. The van der Waals surface area contributed by atoms with Gasteiger partial charge < -0.3 is 14.2 Å². The first-order valence-corrected chi connectivity index (χ1v) is 29.6. The van der Waals surface area contributed by atoms with Gasteiger partial charge in [-0.15, -0.1) is 0 Å². The Morgan fingerprint density at radius 1 is 0.294 bits per heavy atom. The van der Waals surface area contributed by atoms with E-state index in [1.54, 1.807) is 0 Å². The predicted molar refractivity (Wildman–Crippen MR) is 293 cm³/mol. The molecule has 0 aliphatic carbocycles. The fourth-order valence-electron chi connectivity index (χ4n) is 8.56. The van der Waals surface area contributed by atoms with E-state index in [2.05, 4.69) is 69.4 Å². The van der Waals surface area contributed by atoms with E-state index in [0.717, 1.165) is 96.3 Å². The van der Waals surface area contributed by atoms with Gasteiger partial charge in [0.15, 0.2) is 6.10 Å². The molecule has 6 heteroatoms. The molecule has 0 saturated heterocycles. The minimum Gasteiger partial charge on any atom is -0.462 e. The number of hydrogen-bond acceptors (Lipinski definition) is 6. The average molecular weight is 954 g/mol. The molecule has 0 aliphatic rings. The Balaban J connectivity index is 4.38. The molecule has 0 bridgehead atoms. The summed E-state index contributed by atoms with van der Waals surface area (Å²) in [6, 6.07) is 0. The van der Waals surface area contributed by atoms with Crippen molar-refractivity contribution in [1.29, 1.82) is 0 Å². The summed E-state index contributed by atoms with van der Waals surface area (Å²) in [5, 5.41) is 0. The van der Waals surface area contributed by atoms with E-state index in [-0.39, 0.29) is 31.1 Å². The zero-order valence-corrected chi connectivity index (χ0v) is 45.4. The highest BCUT2D eigenvalue weighted by Gasteiger charge is 2.19. The number of hydrogen-bond donors (Lipinski definition) is 0. The highest BCUT2D eigenvalue weighted by atomic mass is 16.6. The molecule has 0 aromatic heterocycles. The molecule has 0 heterocycles. The summed E-state index contributed by atoms with van der Waals surface area (Å²) in [5.74, 6) is -0.884. The molecule has 0 saturated carbocycles. The first kappa shape index (κ1) is 65.4. The van der Waals surface area contributed by atoms with Crippen molar-refractivity contribution < 1.29 is 28.6 Å². The van der Waals surface area contributed by atoms with Crippen LogP contribution in [0.1, 0.15) is 310 Å². The van der Waals surface area contributed by atoms with Crippen molar-refractivity contribution in [2.45, 2.75) is 316 Å². The van der Waals surface area contributed by atoms with Crippen molar-refractivity contribution in [3.05, 3.63) is 48.6 Å². The van der Waals surface area contributed by atoms with Crippen LogP contribution in [0, 0.1) is 0 Å². The number of carbonyl (C=O) groups is 3. The van der Waals surface area contributed by atoms with Gasteiger partial charge in [0.1, 0.15) is 13.2 Å². The molecule has 0 radical (unpaired) electrons. The topological polar surface area (TPSA) is 78.9 Å². The lowest BCUT2D eigenvalue weighted by molar-refractivity contribution is -0.167. The maximum atomic E-state index is 12.9. The molecular formula is C62H112O6. The molecule has 0 aromatic carbocycles. The van der Waals surface area contributed by atoms with Crippen LogP contribution in [0.5, 0.6) is 0 Å². The van der Waals surface area contributed by atoms with Gasteiger partial charge in [-0.1, -0.05) is 256 Å². The molecule has 0 N–H and O–H groups in total. The first-order valence-electron chi connectivity index (χ1n) is 29.6. The summed E-state index contributed by atoms with van der Waals surface area (Å²) < 4.78 is 16.9. The maximum Gasteiger partial charge on any atom is 0.306 e. The van der Waals surface area contributed by atoms with E-state index in [0.29, 0.717) is 19.3 Å². The van der Waals surface area contributed by atoms with Crippen molar-refractivity contribution in [2.24, 2.45) is 0 Å². The normalized spacial score (nSPS) is 12.3. The van der Waals surface area contributed by atoms with Crippen LogP contribution in [0.3, 0.4) is 0 Å². The zero-order chi connectivity index (χ0) is 49.3. The third kappa shape index (κ3) is 54.3. The molecule has 0 fully saturated rings. The molecule has 0 aliphatic heterocycles. The van der Waals surface area contributed by atoms with Crippen molar-refractivity contribution >= 4 is 17.9 Å². The van der Waals surface area contributed by atoms with E-state index in [4.69, 9.17) is 14.2 Å². The van der Waals surface area contributed by atoms with Crippen LogP contribution in [0.25, 0.3) is 0 Å². The minimum atomic E-state index is -0.782. The van der Waals surface area contributed by atoms with Crippen LogP contribution in [-0.4, -0.2) is 37.2 Å². The molecule has 396 valence electrons. The number of esters is 3. The third-order valence-electron chi connectivity index (χ3n) is 13.1. The second-order valence-electron chi connectivity index (χ2n) is 19.9. The lowest BCUT2D eigenvalue weighted by Gasteiger charge is -2.18. The quantitative estimate of drug-likeness (QED) is 0.0262. The van der Waals surface area contributed by atoms with Gasteiger partial charge in [-0.25, -0.2) is 0 Å². The summed E-state index contributed by atoms with van der Waals surface area (Å²) in [7, 11) is 0. The van der Waals surface area contributed by atoms with Gasteiger partial charge >= 0.3 is 17.9 Å². The van der Waals surface area contributed by atoms with Crippen LogP contribution in [0.2, 0.25) is 0 Å². The van der Waals surface area contributed by atoms with Crippen LogP contribution >= 0.6 is 0 Å². The Kier molecular flexibility index (Phi) is 54.8. The largest absolute Gasteiger partial charge is 0.462 e. The number of carbonyl (C=O) groups excluding carboxylic acids is 3. The summed E-state index contributed by atoms with van der Waals surface area (Å²) >= 11 is 0. The van der Waals surface area contributed by atoms with E-state index in [1.807, 2.05) is 0 Å². The lowest BCUT2D eigenvalue weighted by atomic mass is 10.0. The molecular weight excluding hydrogens is 841 g/mol. The predicted octanol–water partition coefficient (Wildman–Crippen LogP) is 19.8. The highest BCUT2D eigenvalue weighted by Crippen LogP contribution is 2.16. The summed E-state index contributed by atoms with van der Waals surface area (Å²) in [4.78, 5) is 38.2. The first-order chi connectivity index (χ1) is 33.5. The third-order valence-corrected chi connectivity index (χ3v) is 13.1. The fourth-order valence-corrected chi connectivity index (χ4v) is 8.56. The van der Waals surface area contributed by atoms with Gasteiger partial charge in [0.2, 0.25) is 0 Å². The summed E-state index contributed by atoms with van der Waals surface area (Å²) in [6.07, 6.45) is 69.5. The smallest absolute Gasteiger partial charge is 0.306 e. The Morgan fingerprint density at radius 3 is 0.824 bits per heavy atom. The monoisotopic (exact) mass is 953 g/mol. The number of ether oxygens (including phenoxy) is 3. The molecule has 0 rings (SSSR count). The number of allylic oxidation sites excluding steroid dienone is 8. The van der Waals surface area contributed by atoms with E-state index >= 15 is 0 Å².